The number of halogens is 1. The zero-order valence-electron chi connectivity index (χ0n) is 10.7. The lowest BCUT2D eigenvalue weighted by molar-refractivity contribution is -0.116. The van der Waals surface area contributed by atoms with Gasteiger partial charge in [-0.25, -0.2) is 0 Å². The molecule has 0 aliphatic rings. The molecule has 0 radical (unpaired) electrons. The summed E-state index contributed by atoms with van der Waals surface area (Å²) >= 11 is 3.30. The van der Waals surface area contributed by atoms with Crippen LogP contribution in [0, 0.1) is 0 Å². The van der Waals surface area contributed by atoms with Gasteiger partial charge in [0.05, 0.1) is 16.5 Å². The van der Waals surface area contributed by atoms with E-state index in [1.165, 1.54) is 0 Å². The van der Waals surface area contributed by atoms with Gasteiger partial charge in [0, 0.05) is 11.8 Å². The highest BCUT2D eigenvalue weighted by Crippen LogP contribution is 2.17. The third-order valence-electron chi connectivity index (χ3n) is 2.89. The van der Waals surface area contributed by atoms with Gasteiger partial charge in [-0.2, -0.15) is 0 Å². The van der Waals surface area contributed by atoms with Gasteiger partial charge in [0.2, 0.25) is 5.91 Å². The number of fused-ring (bicyclic) bond motifs is 1. The number of nitrogens with one attached hydrogen (secondary N) is 3. The van der Waals surface area contributed by atoms with Crippen LogP contribution in [0.3, 0.4) is 0 Å². The van der Waals surface area contributed by atoms with Crippen LogP contribution in [0.25, 0.3) is 10.8 Å². The predicted octanol–water partition coefficient (Wildman–Crippen LogP) is 1.72. The number of hydrogen-bond donors (Lipinski definition) is 3. The number of unbranched alkanes of at least 4 members (excludes halogenated alkanes) is 1. The SMILES string of the molecule is O=C(CCCCBr)Nc1cccc2c(=O)[nH][nH]c(=O)c12. The zero-order valence-corrected chi connectivity index (χ0v) is 12.2. The highest BCUT2D eigenvalue weighted by atomic mass is 79.9. The van der Waals surface area contributed by atoms with Crippen LogP contribution < -0.4 is 16.4 Å². The van der Waals surface area contributed by atoms with E-state index in [1.807, 2.05) is 0 Å². The fourth-order valence-corrected chi connectivity index (χ4v) is 2.32. The Labute approximate surface area is 122 Å². The highest BCUT2D eigenvalue weighted by Gasteiger charge is 2.10. The van der Waals surface area contributed by atoms with Crippen molar-refractivity contribution >= 4 is 38.3 Å². The van der Waals surface area contributed by atoms with Crippen molar-refractivity contribution < 1.29 is 4.79 Å². The van der Waals surface area contributed by atoms with Crippen molar-refractivity contribution in [3.05, 3.63) is 38.9 Å². The minimum Gasteiger partial charge on any atom is -0.325 e. The summed E-state index contributed by atoms with van der Waals surface area (Å²) in [6, 6.07) is 4.79. The first kappa shape index (κ1) is 14.5. The predicted molar refractivity (Wildman–Crippen MR) is 81.5 cm³/mol. The van der Waals surface area contributed by atoms with E-state index in [1.54, 1.807) is 18.2 Å². The molecule has 2 rings (SSSR count). The van der Waals surface area contributed by atoms with Gasteiger partial charge < -0.3 is 5.32 Å². The maximum absolute atomic E-state index is 11.8. The number of amides is 1. The van der Waals surface area contributed by atoms with Gasteiger partial charge >= 0.3 is 0 Å². The van der Waals surface area contributed by atoms with Crippen LogP contribution in [-0.4, -0.2) is 21.4 Å². The van der Waals surface area contributed by atoms with E-state index in [2.05, 4.69) is 31.4 Å². The molecule has 1 aromatic carbocycles. The Kier molecular flexibility index (Phi) is 4.73. The number of rotatable bonds is 5. The summed E-state index contributed by atoms with van der Waals surface area (Å²) < 4.78 is 0. The van der Waals surface area contributed by atoms with Crippen molar-refractivity contribution in [3.8, 4) is 0 Å². The molecule has 1 aromatic heterocycles. The van der Waals surface area contributed by atoms with Crippen molar-refractivity contribution in [2.75, 3.05) is 10.6 Å². The van der Waals surface area contributed by atoms with Crippen molar-refractivity contribution in [1.82, 2.24) is 10.2 Å². The first-order chi connectivity index (χ1) is 9.63. The molecule has 2 aromatic rings. The molecule has 1 heterocycles. The molecule has 20 heavy (non-hydrogen) atoms. The average Bonchev–Trinajstić information content (AvgIpc) is 2.43. The van der Waals surface area contributed by atoms with Crippen molar-refractivity contribution in [2.45, 2.75) is 19.3 Å². The molecule has 0 atom stereocenters. The Morgan fingerprint density at radius 1 is 1.15 bits per heavy atom. The number of anilines is 1. The fraction of sp³-hybridized carbons (Fsp3) is 0.308. The molecular weight excluding hydrogens is 326 g/mol. The molecule has 1 amide bonds. The van der Waals surface area contributed by atoms with Gasteiger partial charge in [0.25, 0.3) is 11.1 Å². The molecule has 0 aliphatic carbocycles. The van der Waals surface area contributed by atoms with E-state index >= 15 is 0 Å². The second-order valence-electron chi connectivity index (χ2n) is 4.33. The van der Waals surface area contributed by atoms with Crippen molar-refractivity contribution in [3.63, 3.8) is 0 Å². The minimum absolute atomic E-state index is 0.168. The molecule has 0 fully saturated rings. The molecule has 0 bridgehead atoms. The minimum atomic E-state index is -0.434. The van der Waals surface area contributed by atoms with Crippen LogP contribution in [-0.2, 0) is 4.79 Å². The molecule has 0 saturated heterocycles. The molecule has 0 unspecified atom stereocenters. The van der Waals surface area contributed by atoms with Crippen LogP contribution in [0.2, 0.25) is 0 Å². The van der Waals surface area contributed by atoms with Crippen molar-refractivity contribution in [2.24, 2.45) is 0 Å². The van der Waals surface area contributed by atoms with Crippen LogP contribution in [0.1, 0.15) is 19.3 Å². The Bertz CT molecular complexity index is 735. The summed E-state index contributed by atoms with van der Waals surface area (Å²) in [5, 5.41) is 8.50. The topological polar surface area (TPSA) is 94.8 Å². The number of carbonyl (C=O) groups excluding carboxylic acids is 1. The van der Waals surface area contributed by atoms with Crippen molar-refractivity contribution in [1.29, 1.82) is 0 Å². The number of alkyl halides is 1. The second kappa shape index (κ2) is 6.51. The van der Waals surface area contributed by atoms with E-state index in [0.29, 0.717) is 12.1 Å². The van der Waals surface area contributed by atoms with Crippen LogP contribution in [0.4, 0.5) is 5.69 Å². The smallest absolute Gasteiger partial charge is 0.272 e. The molecule has 0 saturated carbocycles. The van der Waals surface area contributed by atoms with Crippen LogP contribution >= 0.6 is 15.9 Å². The quantitative estimate of drug-likeness (QED) is 0.571. The maximum Gasteiger partial charge on any atom is 0.272 e. The zero-order chi connectivity index (χ0) is 14.5. The lowest BCUT2D eigenvalue weighted by Gasteiger charge is -2.07. The fourth-order valence-electron chi connectivity index (χ4n) is 1.93. The van der Waals surface area contributed by atoms with Crippen LogP contribution in [0.5, 0.6) is 0 Å². The Hall–Kier alpha value is -1.89. The first-order valence-corrected chi connectivity index (χ1v) is 7.35. The maximum atomic E-state index is 11.8. The molecule has 0 spiro atoms. The van der Waals surface area contributed by atoms with E-state index in [0.717, 1.165) is 18.2 Å². The molecule has 3 N–H and O–H groups in total. The van der Waals surface area contributed by atoms with E-state index in [9.17, 15) is 14.4 Å². The molecule has 0 aliphatic heterocycles. The number of aromatic amines is 2. The summed E-state index contributed by atoms with van der Waals surface area (Å²) in [7, 11) is 0. The van der Waals surface area contributed by atoms with Gasteiger partial charge in [0.15, 0.2) is 0 Å². The van der Waals surface area contributed by atoms with Crippen LogP contribution in [0.15, 0.2) is 27.8 Å². The van der Waals surface area contributed by atoms with Gasteiger partial charge in [0.1, 0.15) is 0 Å². The standard InChI is InChI=1S/C13H14BrN3O3/c14-7-2-1-6-10(18)15-9-5-3-4-8-11(9)13(20)17-16-12(8)19/h3-5H,1-2,6-7H2,(H,15,18)(H,16,19)(H,17,20). The Morgan fingerprint density at radius 3 is 2.65 bits per heavy atom. The molecule has 106 valence electrons. The lowest BCUT2D eigenvalue weighted by atomic mass is 10.1. The van der Waals surface area contributed by atoms with E-state index < -0.39 is 11.1 Å². The molecular formula is C13H14BrN3O3. The van der Waals surface area contributed by atoms with Gasteiger partial charge in [-0.05, 0) is 25.0 Å². The summed E-state index contributed by atoms with van der Waals surface area (Å²) in [6.45, 7) is 0. The largest absolute Gasteiger partial charge is 0.325 e. The first-order valence-electron chi connectivity index (χ1n) is 6.23. The normalized spacial score (nSPS) is 10.7. The van der Waals surface area contributed by atoms with Gasteiger partial charge in [-0.1, -0.05) is 22.0 Å². The summed E-state index contributed by atoms with van der Waals surface area (Å²) in [6.07, 6.45) is 2.05. The second-order valence-corrected chi connectivity index (χ2v) is 5.12. The number of aromatic nitrogens is 2. The average molecular weight is 340 g/mol. The highest BCUT2D eigenvalue weighted by molar-refractivity contribution is 9.09. The van der Waals surface area contributed by atoms with E-state index in [-0.39, 0.29) is 16.7 Å². The Morgan fingerprint density at radius 2 is 1.90 bits per heavy atom. The summed E-state index contributed by atoms with van der Waals surface area (Å²) in [5.41, 5.74) is -0.468. The Balaban J connectivity index is 2.31. The number of carbonyl (C=O) groups is 1. The number of hydrogen-bond acceptors (Lipinski definition) is 3. The number of H-pyrrole nitrogens is 2. The van der Waals surface area contributed by atoms with Gasteiger partial charge in [-0.15, -0.1) is 0 Å². The lowest BCUT2D eigenvalue weighted by Crippen LogP contribution is -2.21. The third-order valence-corrected chi connectivity index (χ3v) is 3.45. The van der Waals surface area contributed by atoms with E-state index in [4.69, 9.17) is 0 Å². The van der Waals surface area contributed by atoms with Gasteiger partial charge in [-0.3, -0.25) is 24.6 Å². The monoisotopic (exact) mass is 339 g/mol. The molecule has 6 nitrogen and oxygen atoms in total. The third kappa shape index (κ3) is 3.16. The number of benzene rings is 1. The summed E-state index contributed by atoms with van der Waals surface area (Å²) in [5.74, 6) is -0.168. The molecule has 7 heteroatoms. The summed E-state index contributed by atoms with van der Waals surface area (Å²) in [4.78, 5) is 35.2.